The standard InChI is InChI=1S/C9H12N2O4/c12-9(13)8-10-7(15-11-8)5-6-1-3-14-4-2-6/h6H,1-5H2,(H,12,13). The maximum absolute atomic E-state index is 10.5. The van der Waals surface area contributed by atoms with E-state index in [1.54, 1.807) is 0 Å². The molecule has 0 amide bonds. The van der Waals surface area contributed by atoms with E-state index in [1.165, 1.54) is 0 Å². The Hall–Kier alpha value is -1.43. The van der Waals surface area contributed by atoms with Gasteiger partial charge in [0.05, 0.1) is 0 Å². The van der Waals surface area contributed by atoms with Crippen LogP contribution < -0.4 is 0 Å². The van der Waals surface area contributed by atoms with Crippen LogP contribution in [0.2, 0.25) is 0 Å². The summed E-state index contributed by atoms with van der Waals surface area (Å²) < 4.78 is 10.1. The third kappa shape index (κ3) is 2.53. The van der Waals surface area contributed by atoms with Gasteiger partial charge in [-0.15, -0.1) is 0 Å². The fraction of sp³-hybridized carbons (Fsp3) is 0.667. The molecule has 2 heterocycles. The summed E-state index contributed by atoms with van der Waals surface area (Å²) in [6.45, 7) is 1.51. The van der Waals surface area contributed by atoms with Crippen molar-refractivity contribution in [2.75, 3.05) is 13.2 Å². The third-order valence-corrected chi connectivity index (χ3v) is 2.46. The Bertz CT molecular complexity index is 344. The van der Waals surface area contributed by atoms with Crippen molar-refractivity contribution in [1.29, 1.82) is 0 Å². The number of rotatable bonds is 3. The Kier molecular flexibility index (Phi) is 2.96. The molecule has 0 saturated carbocycles. The molecule has 2 rings (SSSR count). The van der Waals surface area contributed by atoms with E-state index in [9.17, 15) is 4.79 Å². The lowest BCUT2D eigenvalue weighted by molar-refractivity contribution is 0.0642. The molecule has 1 aliphatic rings. The van der Waals surface area contributed by atoms with Gasteiger partial charge in [-0.3, -0.25) is 0 Å². The highest BCUT2D eigenvalue weighted by molar-refractivity contribution is 5.82. The summed E-state index contributed by atoms with van der Waals surface area (Å²) in [6.07, 6.45) is 2.57. The summed E-state index contributed by atoms with van der Waals surface area (Å²) in [5, 5.41) is 12.0. The predicted molar refractivity (Wildman–Crippen MR) is 48.5 cm³/mol. The predicted octanol–water partition coefficient (Wildman–Crippen LogP) is 0.737. The van der Waals surface area contributed by atoms with Crippen LogP contribution in [0.3, 0.4) is 0 Å². The minimum absolute atomic E-state index is 0.267. The van der Waals surface area contributed by atoms with Gasteiger partial charge in [-0.05, 0) is 23.9 Å². The maximum Gasteiger partial charge on any atom is 0.377 e. The molecule has 6 heteroatoms. The normalized spacial score (nSPS) is 17.9. The van der Waals surface area contributed by atoms with Crippen LogP contribution in [0.4, 0.5) is 0 Å². The van der Waals surface area contributed by atoms with Crippen LogP contribution in [0.5, 0.6) is 0 Å². The first-order valence-corrected chi connectivity index (χ1v) is 4.89. The van der Waals surface area contributed by atoms with Gasteiger partial charge in [-0.1, -0.05) is 0 Å². The van der Waals surface area contributed by atoms with Gasteiger partial charge in [0.2, 0.25) is 5.89 Å². The van der Waals surface area contributed by atoms with Gasteiger partial charge in [0, 0.05) is 19.6 Å². The highest BCUT2D eigenvalue weighted by atomic mass is 16.5. The largest absolute Gasteiger partial charge is 0.475 e. The monoisotopic (exact) mass is 212 g/mol. The summed E-state index contributed by atoms with van der Waals surface area (Å²) in [5.41, 5.74) is 0. The Morgan fingerprint density at radius 3 is 2.80 bits per heavy atom. The quantitative estimate of drug-likeness (QED) is 0.795. The number of carboxylic acid groups (broad SMARTS) is 1. The molecule has 0 unspecified atom stereocenters. The van der Waals surface area contributed by atoms with Gasteiger partial charge in [-0.2, -0.15) is 4.98 Å². The first kappa shape index (κ1) is 10.1. The van der Waals surface area contributed by atoms with E-state index in [2.05, 4.69) is 10.1 Å². The maximum atomic E-state index is 10.5. The van der Waals surface area contributed by atoms with E-state index in [4.69, 9.17) is 14.4 Å². The number of hydrogen-bond donors (Lipinski definition) is 1. The number of carboxylic acids is 1. The molecule has 1 saturated heterocycles. The number of hydrogen-bond acceptors (Lipinski definition) is 5. The van der Waals surface area contributed by atoms with Crippen LogP contribution >= 0.6 is 0 Å². The molecule has 1 fully saturated rings. The lowest BCUT2D eigenvalue weighted by Gasteiger charge is -2.19. The smallest absolute Gasteiger partial charge is 0.377 e. The average molecular weight is 212 g/mol. The molecule has 0 aromatic carbocycles. The lowest BCUT2D eigenvalue weighted by atomic mass is 9.97. The number of nitrogens with zero attached hydrogens (tertiary/aromatic N) is 2. The van der Waals surface area contributed by atoms with Crippen LogP contribution in [0.15, 0.2) is 4.52 Å². The zero-order valence-electron chi connectivity index (χ0n) is 8.18. The van der Waals surface area contributed by atoms with E-state index in [0.717, 1.165) is 26.1 Å². The van der Waals surface area contributed by atoms with E-state index in [0.29, 0.717) is 18.2 Å². The Balaban J connectivity index is 1.94. The van der Waals surface area contributed by atoms with E-state index in [-0.39, 0.29) is 5.82 Å². The molecule has 0 radical (unpaired) electrons. The second kappa shape index (κ2) is 4.39. The minimum atomic E-state index is -1.16. The van der Waals surface area contributed by atoms with Crippen LogP contribution in [-0.4, -0.2) is 34.4 Å². The molecule has 82 valence electrons. The van der Waals surface area contributed by atoms with Gasteiger partial charge in [0.1, 0.15) is 0 Å². The Labute approximate surface area is 86.2 Å². The molecular weight excluding hydrogens is 200 g/mol. The van der Waals surface area contributed by atoms with Crippen molar-refractivity contribution >= 4 is 5.97 Å². The molecular formula is C9H12N2O4. The van der Waals surface area contributed by atoms with Crippen LogP contribution in [0, 0.1) is 5.92 Å². The molecule has 1 N–H and O–H groups in total. The van der Waals surface area contributed by atoms with E-state index >= 15 is 0 Å². The van der Waals surface area contributed by atoms with Crippen molar-refractivity contribution in [2.45, 2.75) is 19.3 Å². The lowest BCUT2D eigenvalue weighted by Crippen LogP contribution is -2.17. The van der Waals surface area contributed by atoms with Gasteiger partial charge in [0.15, 0.2) is 0 Å². The van der Waals surface area contributed by atoms with Crippen molar-refractivity contribution in [2.24, 2.45) is 5.92 Å². The number of ether oxygens (including phenoxy) is 1. The van der Waals surface area contributed by atoms with Crippen molar-refractivity contribution in [1.82, 2.24) is 10.1 Å². The summed E-state index contributed by atoms with van der Waals surface area (Å²) in [4.78, 5) is 14.3. The highest BCUT2D eigenvalue weighted by Crippen LogP contribution is 2.18. The second-order valence-electron chi connectivity index (χ2n) is 3.58. The van der Waals surface area contributed by atoms with Crippen molar-refractivity contribution in [3.63, 3.8) is 0 Å². The van der Waals surface area contributed by atoms with Gasteiger partial charge in [0.25, 0.3) is 5.82 Å². The molecule has 0 atom stereocenters. The van der Waals surface area contributed by atoms with E-state index < -0.39 is 5.97 Å². The molecule has 0 aliphatic carbocycles. The fourth-order valence-electron chi connectivity index (χ4n) is 1.62. The zero-order valence-corrected chi connectivity index (χ0v) is 8.18. The molecule has 15 heavy (non-hydrogen) atoms. The summed E-state index contributed by atoms with van der Waals surface area (Å²) in [5.74, 6) is -0.561. The first-order valence-electron chi connectivity index (χ1n) is 4.89. The fourth-order valence-corrected chi connectivity index (χ4v) is 1.62. The number of aromatic carboxylic acids is 1. The Morgan fingerprint density at radius 2 is 2.20 bits per heavy atom. The van der Waals surface area contributed by atoms with Crippen LogP contribution in [0.1, 0.15) is 29.4 Å². The first-order chi connectivity index (χ1) is 7.25. The topological polar surface area (TPSA) is 85.5 Å². The van der Waals surface area contributed by atoms with E-state index in [1.807, 2.05) is 0 Å². The molecule has 1 aliphatic heterocycles. The van der Waals surface area contributed by atoms with Gasteiger partial charge in [-0.25, -0.2) is 4.79 Å². The number of carbonyl (C=O) groups is 1. The van der Waals surface area contributed by atoms with Gasteiger partial charge < -0.3 is 14.4 Å². The van der Waals surface area contributed by atoms with Crippen LogP contribution in [0.25, 0.3) is 0 Å². The van der Waals surface area contributed by atoms with Crippen molar-refractivity contribution < 1.29 is 19.2 Å². The second-order valence-corrected chi connectivity index (χ2v) is 3.58. The third-order valence-electron chi connectivity index (χ3n) is 2.46. The molecule has 0 bridgehead atoms. The van der Waals surface area contributed by atoms with Crippen LogP contribution in [-0.2, 0) is 11.2 Å². The summed E-state index contributed by atoms with van der Waals surface area (Å²) in [7, 11) is 0. The highest BCUT2D eigenvalue weighted by Gasteiger charge is 2.19. The zero-order chi connectivity index (χ0) is 10.7. The van der Waals surface area contributed by atoms with Crippen molar-refractivity contribution in [3.8, 4) is 0 Å². The van der Waals surface area contributed by atoms with Gasteiger partial charge >= 0.3 is 5.97 Å². The average Bonchev–Trinajstić information content (AvgIpc) is 2.68. The molecule has 6 nitrogen and oxygen atoms in total. The number of aromatic nitrogens is 2. The summed E-state index contributed by atoms with van der Waals surface area (Å²) in [6, 6.07) is 0. The summed E-state index contributed by atoms with van der Waals surface area (Å²) >= 11 is 0. The Morgan fingerprint density at radius 1 is 1.47 bits per heavy atom. The molecule has 0 spiro atoms. The SMILES string of the molecule is O=C(O)c1noc(CC2CCOCC2)n1. The van der Waals surface area contributed by atoms with Crippen molar-refractivity contribution in [3.05, 3.63) is 11.7 Å². The molecule has 1 aromatic rings. The minimum Gasteiger partial charge on any atom is -0.475 e. The molecule has 1 aromatic heterocycles.